The zero-order valence-electron chi connectivity index (χ0n) is 9.72. The molecule has 0 amide bonds. The van der Waals surface area contributed by atoms with E-state index in [0.29, 0.717) is 5.56 Å². The number of alkyl halides is 3. The van der Waals surface area contributed by atoms with Crippen molar-refractivity contribution in [3.05, 3.63) is 60.4 Å². The van der Waals surface area contributed by atoms with Gasteiger partial charge in [0.1, 0.15) is 5.65 Å². The lowest BCUT2D eigenvalue weighted by Gasteiger charge is -2.07. The van der Waals surface area contributed by atoms with Gasteiger partial charge >= 0.3 is 6.18 Å². The lowest BCUT2D eigenvalue weighted by atomic mass is 10.1. The highest BCUT2D eigenvalue weighted by Crippen LogP contribution is 2.31. The largest absolute Gasteiger partial charge is 0.416 e. The molecule has 0 radical (unpaired) electrons. The van der Waals surface area contributed by atoms with Gasteiger partial charge in [0.25, 0.3) is 0 Å². The maximum absolute atomic E-state index is 12.5. The summed E-state index contributed by atoms with van der Waals surface area (Å²) in [6.07, 6.45) is -0.828. The zero-order valence-corrected chi connectivity index (χ0v) is 9.72. The lowest BCUT2D eigenvalue weighted by molar-refractivity contribution is -0.137. The molecule has 0 fully saturated rings. The number of hydrogen-bond acceptors (Lipinski definition) is 1. The molecule has 3 rings (SSSR count). The second-order valence-electron chi connectivity index (χ2n) is 4.15. The van der Waals surface area contributed by atoms with Gasteiger partial charge in [-0.3, -0.25) is 4.40 Å². The summed E-state index contributed by atoms with van der Waals surface area (Å²) in [6, 6.07) is 10.6. The van der Waals surface area contributed by atoms with Crippen LogP contribution >= 0.6 is 0 Å². The van der Waals surface area contributed by atoms with Crippen molar-refractivity contribution in [1.29, 1.82) is 0 Å². The van der Waals surface area contributed by atoms with Crippen LogP contribution in [0.1, 0.15) is 5.56 Å². The third-order valence-electron chi connectivity index (χ3n) is 2.93. The Morgan fingerprint density at radius 3 is 2.37 bits per heavy atom. The Kier molecular flexibility index (Phi) is 2.55. The van der Waals surface area contributed by atoms with Crippen LogP contribution in [-0.4, -0.2) is 9.38 Å². The minimum atomic E-state index is -4.31. The molecule has 5 heteroatoms. The molecular formula is C14H9F3N2. The van der Waals surface area contributed by atoms with Gasteiger partial charge in [0, 0.05) is 11.8 Å². The summed E-state index contributed by atoms with van der Waals surface area (Å²) in [5.41, 5.74) is 1.58. The fraction of sp³-hybridized carbons (Fsp3) is 0.0714. The van der Waals surface area contributed by atoms with Crippen LogP contribution in [0.3, 0.4) is 0 Å². The van der Waals surface area contributed by atoms with Crippen molar-refractivity contribution in [2.75, 3.05) is 0 Å². The summed E-state index contributed by atoms with van der Waals surface area (Å²) in [4.78, 5) is 4.21. The number of fused-ring (bicyclic) bond motifs is 1. The van der Waals surface area contributed by atoms with Gasteiger partial charge in [-0.1, -0.05) is 18.2 Å². The summed E-state index contributed by atoms with van der Waals surface area (Å²) in [5, 5.41) is 0. The number of nitrogens with zero attached hydrogens (tertiary/aromatic N) is 2. The van der Waals surface area contributed by atoms with Crippen molar-refractivity contribution in [1.82, 2.24) is 9.38 Å². The number of rotatable bonds is 1. The Labute approximate surface area is 107 Å². The van der Waals surface area contributed by atoms with Gasteiger partial charge in [-0.15, -0.1) is 0 Å². The summed E-state index contributed by atoms with van der Waals surface area (Å²) in [7, 11) is 0. The Morgan fingerprint density at radius 2 is 1.68 bits per heavy atom. The smallest absolute Gasteiger partial charge is 0.300 e. The van der Waals surface area contributed by atoms with E-state index in [1.807, 2.05) is 28.8 Å². The van der Waals surface area contributed by atoms with E-state index >= 15 is 0 Å². The van der Waals surface area contributed by atoms with Gasteiger partial charge in [-0.25, -0.2) is 4.98 Å². The van der Waals surface area contributed by atoms with E-state index in [4.69, 9.17) is 0 Å². The van der Waals surface area contributed by atoms with Crippen LogP contribution < -0.4 is 0 Å². The van der Waals surface area contributed by atoms with Crippen molar-refractivity contribution in [2.24, 2.45) is 0 Å². The number of aromatic nitrogens is 2. The molecule has 0 aliphatic carbocycles. The lowest BCUT2D eigenvalue weighted by Crippen LogP contribution is -2.04. The van der Waals surface area contributed by atoms with Crippen LogP contribution in [0.4, 0.5) is 13.2 Å². The molecule has 0 aliphatic heterocycles. The van der Waals surface area contributed by atoms with E-state index < -0.39 is 11.7 Å². The molecule has 96 valence electrons. The summed E-state index contributed by atoms with van der Waals surface area (Å²) in [6.45, 7) is 0. The van der Waals surface area contributed by atoms with Crippen LogP contribution in [0, 0.1) is 0 Å². The van der Waals surface area contributed by atoms with E-state index in [0.717, 1.165) is 23.5 Å². The third kappa shape index (κ3) is 2.07. The highest BCUT2D eigenvalue weighted by molar-refractivity contribution is 5.63. The number of benzene rings is 1. The van der Waals surface area contributed by atoms with Crippen molar-refractivity contribution in [3.63, 3.8) is 0 Å². The maximum atomic E-state index is 12.5. The fourth-order valence-corrected chi connectivity index (χ4v) is 1.98. The molecule has 1 aromatic carbocycles. The van der Waals surface area contributed by atoms with Crippen molar-refractivity contribution in [3.8, 4) is 11.3 Å². The first-order valence-electron chi connectivity index (χ1n) is 5.65. The number of halogens is 3. The van der Waals surface area contributed by atoms with Gasteiger partial charge in [-0.05, 0) is 24.3 Å². The van der Waals surface area contributed by atoms with E-state index in [9.17, 15) is 13.2 Å². The van der Waals surface area contributed by atoms with E-state index in [1.165, 1.54) is 12.1 Å². The minimum absolute atomic E-state index is 0.648. The average molecular weight is 262 g/mol. The highest BCUT2D eigenvalue weighted by atomic mass is 19.4. The van der Waals surface area contributed by atoms with Crippen molar-refractivity contribution in [2.45, 2.75) is 6.18 Å². The average Bonchev–Trinajstić information content (AvgIpc) is 2.82. The van der Waals surface area contributed by atoms with E-state index in [-0.39, 0.29) is 0 Å². The van der Waals surface area contributed by atoms with E-state index in [2.05, 4.69) is 4.98 Å². The van der Waals surface area contributed by atoms with Gasteiger partial charge in [-0.2, -0.15) is 13.2 Å². The molecular weight excluding hydrogens is 253 g/mol. The molecule has 0 unspecified atom stereocenters. The number of hydrogen-bond donors (Lipinski definition) is 0. The van der Waals surface area contributed by atoms with Gasteiger partial charge in [0.05, 0.1) is 17.5 Å². The van der Waals surface area contributed by atoms with Crippen molar-refractivity contribution >= 4 is 5.65 Å². The molecule has 0 saturated carbocycles. The second-order valence-corrected chi connectivity index (χ2v) is 4.15. The molecule has 0 saturated heterocycles. The monoisotopic (exact) mass is 262 g/mol. The predicted molar refractivity (Wildman–Crippen MR) is 65.6 cm³/mol. The Morgan fingerprint density at radius 1 is 0.947 bits per heavy atom. The fourth-order valence-electron chi connectivity index (χ4n) is 1.98. The van der Waals surface area contributed by atoms with Crippen LogP contribution in [0.15, 0.2) is 54.9 Å². The van der Waals surface area contributed by atoms with Crippen molar-refractivity contribution < 1.29 is 13.2 Å². The third-order valence-corrected chi connectivity index (χ3v) is 2.93. The second kappa shape index (κ2) is 4.12. The first-order valence-corrected chi connectivity index (χ1v) is 5.65. The van der Waals surface area contributed by atoms with E-state index in [1.54, 1.807) is 6.20 Å². The number of imidazole rings is 1. The minimum Gasteiger partial charge on any atom is -0.300 e. The van der Waals surface area contributed by atoms with Crippen LogP contribution in [0.5, 0.6) is 0 Å². The Bertz CT molecular complexity index is 711. The molecule has 0 bridgehead atoms. The van der Waals surface area contributed by atoms with Gasteiger partial charge in [0.2, 0.25) is 0 Å². The standard InChI is InChI=1S/C14H9F3N2/c15-14(16,17)11-6-4-10(5-7-11)12-9-18-13-3-1-2-8-19(12)13/h1-9H. The predicted octanol–water partition coefficient (Wildman–Crippen LogP) is 4.02. The molecule has 0 atom stereocenters. The number of pyridine rings is 1. The summed E-state index contributed by atoms with van der Waals surface area (Å²) >= 11 is 0. The molecule has 2 nitrogen and oxygen atoms in total. The molecule has 0 N–H and O–H groups in total. The molecule has 0 aliphatic rings. The molecule has 2 heterocycles. The van der Waals surface area contributed by atoms with Crippen LogP contribution in [-0.2, 0) is 6.18 Å². The quantitative estimate of drug-likeness (QED) is 0.647. The normalized spacial score (nSPS) is 11.9. The topological polar surface area (TPSA) is 17.3 Å². The molecule has 3 aromatic rings. The van der Waals surface area contributed by atoms with Gasteiger partial charge < -0.3 is 0 Å². The molecule has 2 aromatic heterocycles. The molecule has 0 spiro atoms. The van der Waals surface area contributed by atoms with Gasteiger partial charge in [0.15, 0.2) is 0 Å². The summed E-state index contributed by atoms with van der Waals surface area (Å²) < 4.78 is 39.3. The van der Waals surface area contributed by atoms with Crippen LogP contribution in [0.2, 0.25) is 0 Å². The summed E-state index contributed by atoms with van der Waals surface area (Å²) in [5.74, 6) is 0. The SMILES string of the molecule is FC(F)(F)c1ccc(-c2cnc3ccccn23)cc1. The Hall–Kier alpha value is -2.30. The first-order chi connectivity index (χ1) is 9.05. The van der Waals surface area contributed by atoms with Crippen LogP contribution in [0.25, 0.3) is 16.9 Å². The Balaban J connectivity index is 2.07. The zero-order chi connectivity index (χ0) is 13.5. The molecule has 19 heavy (non-hydrogen) atoms. The first kappa shape index (κ1) is 11.8. The highest BCUT2D eigenvalue weighted by Gasteiger charge is 2.30. The maximum Gasteiger partial charge on any atom is 0.416 e.